The van der Waals surface area contributed by atoms with E-state index in [1.54, 1.807) is 30.5 Å². The van der Waals surface area contributed by atoms with Crippen LogP contribution in [0.15, 0.2) is 76.6 Å². The molecule has 0 N–H and O–H groups in total. The lowest BCUT2D eigenvalue weighted by Crippen LogP contribution is -2.20. The van der Waals surface area contributed by atoms with E-state index in [4.69, 9.17) is 0 Å². The van der Waals surface area contributed by atoms with Crippen molar-refractivity contribution >= 4 is 28.5 Å². The average molecular weight is 345 g/mol. The molecule has 0 saturated carbocycles. The average Bonchev–Trinajstić information content (AvgIpc) is 3.11. The van der Waals surface area contributed by atoms with E-state index in [2.05, 4.69) is 28.3 Å². The minimum absolute atomic E-state index is 0.154. The summed E-state index contributed by atoms with van der Waals surface area (Å²) < 4.78 is 1.35. The van der Waals surface area contributed by atoms with E-state index in [1.165, 1.54) is 15.1 Å². The number of nitrogens with zero attached hydrogens (tertiary/aromatic N) is 3. The highest BCUT2D eigenvalue weighted by atomic mass is 32.1. The van der Waals surface area contributed by atoms with E-state index in [9.17, 15) is 4.79 Å². The number of fused-ring (bicyclic) bond motifs is 1. The minimum Gasteiger partial charge on any atom is -0.267 e. The summed E-state index contributed by atoms with van der Waals surface area (Å²) in [6, 6.07) is 21.6. The van der Waals surface area contributed by atoms with Crippen molar-refractivity contribution in [2.24, 2.45) is 5.10 Å². The molecule has 0 unspecified atom stereocenters. The summed E-state index contributed by atoms with van der Waals surface area (Å²) in [4.78, 5) is 19.2. The van der Waals surface area contributed by atoms with Crippen LogP contribution in [0.4, 0.5) is 0 Å². The summed E-state index contributed by atoms with van der Waals surface area (Å²) in [6.07, 6.45) is 1.71. The lowest BCUT2D eigenvalue weighted by atomic mass is 10.2. The van der Waals surface area contributed by atoms with Gasteiger partial charge < -0.3 is 0 Å². The van der Waals surface area contributed by atoms with Crippen molar-refractivity contribution in [3.63, 3.8) is 0 Å². The fourth-order valence-corrected chi connectivity index (χ4v) is 3.55. The standard InChI is InChI=1S/C20H15N3OS/c1-14-22-18-10-6-5-9-17(18)20(24)23(14)21-13-16-11-12-19(25-16)15-7-3-2-4-8-15/h2-13H,1H3/b21-13-. The van der Waals surface area contributed by atoms with Crippen molar-refractivity contribution in [2.45, 2.75) is 6.92 Å². The van der Waals surface area contributed by atoms with Gasteiger partial charge in [-0.2, -0.15) is 9.78 Å². The summed E-state index contributed by atoms with van der Waals surface area (Å²) in [5.41, 5.74) is 1.71. The van der Waals surface area contributed by atoms with Crippen LogP contribution < -0.4 is 5.56 Å². The second kappa shape index (κ2) is 6.45. The van der Waals surface area contributed by atoms with Gasteiger partial charge in [0.05, 0.1) is 17.1 Å². The zero-order valence-corrected chi connectivity index (χ0v) is 14.4. The van der Waals surface area contributed by atoms with Crippen molar-refractivity contribution < 1.29 is 0 Å². The van der Waals surface area contributed by atoms with Gasteiger partial charge in [-0.25, -0.2) is 4.98 Å². The monoisotopic (exact) mass is 345 g/mol. The maximum absolute atomic E-state index is 12.6. The Morgan fingerprint density at radius 2 is 1.76 bits per heavy atom. The molecule has 5 heteroatoms. The van der Waals surface area contributed by atoms with E-state index in [0.717, 1.165) is 4.88 Å². The molecule has 122 valence electrons. The van der Waals surface area contributed by atoms with Gasteiger partial charge in [-0.15, -0.1) is 11.3 Å². The number of aryl methyl sites for hydroxylation is 1. The van der Waals surface area contributed by atoms with Gasteiger partial charge >= 0.3 is 0 Å². The van der Waals surface area contributed by atoms with Gasteiger partial charge in [0.1, 0.15) is 5.82 Å². The van der Waals surface area contributed by atoms with Crippen molar-refractivity contribution in [3.05, 3.63) is 87.8 Å². The van der Waals surface area contributed by atoms with Crippen molar-refractivity contribution in [1.82, 2.24) is 9.66 Å². The molecular formula is C20H15N3OS. The quantitative estimate of drug-likeness (QED) is 0.519. The fraction of sp³-hybridized carbons (Fsp3) is 0.0500. The summed E-state index contributed by atoms with van der Waals surface area (Å²) in [6.45, 7) is 1.79. The third-order valence-electron chi connectivity index (χ3n) is 3.90. The van der Waals surface area contributed by atoms with Crippen LogP contribution in [0.1, 0.15) is 10.7 Å². The largest absolute Gasteiger partial charge is 0.282 e. The van der Waals surface area contributed by atoms with Crippen molar-refractivity contribution in [3.8, 4) is 10.4 Å². The van der Waals surface area contributed by atoms with Crippen LogP contribution in [0.3, 0.4) is 0 Å². The predicted molar refractivity (Wildman–Crippen MR) is 103 cm³/mol. The SMILES string of the molecule is Cc1nc2ccccc2c(=O)n1/N=C\c1ccc(-c2ccccc2)s1. The molecule has 0 aliphatic carbocycles. The Morgan fingerprint density at radius 1 is 1.00 bits per heavy atom. The summed E-state index contributed by atoms with van der Waals surface area (Å²) in [5, 5.41) is 4.93. The number of thiophene rings is 1. The van der Waals surface area contributed by atoms with E-state index in [1.807, 2.05) is 42.5 Å². The molecule has 0 saturated heterocycles. The molecular weight excluding hydrogens is 330 g/mol. The minimum atomic E-state index is -0.154. The topological polar surface area (TPSA) is 47.2 Å². The Balaban J connectivity index is 1.70. The highest BCUT2D eigenvalue weighted by Gasteiger charge is 2.06. The van der Waals surface area contributed by atoms with Crippen LogP contribution in [-0.2, 0) is 0 Å². The molecule has 2 aromatic heterocycles. The molecule has 4 rings (SSSR count). The van der Waals surface area contributed by atoms with Crippen molar-refractivity contribution in [1.29, 1.82) is 0 Å². The van der Waals surface area contributed by atoms with E-state index in [0.29, 0.717) is 16.7 Å². The Labute approximate surface area is 148 Å². The first kappa shape index (κ1) is 15.5. The van der Waals surface area contributed by atoms with Crippen LogP contribution >= 0.6 is 11.3 Å². The number of rotatable bonds is 3. The van der Waals surface area contributed by atoms with Gasteiger partial charge in [-0.3, -0.25) is 4.79 Å². The fourth-order valence-electron chi connectivity index (χ4n) is 2.67. The first-order chi connectivity index (χ1) is 12.2. The summed E-state index contributed by atoms with van der Waals surface area (Å²) in [7, 11) is 0. The van der Waals surface area contributed by atoms with Gasteiger partial charge in [0, 0.05) is 9.75 Å². The molecule has 2 heterocycles. The van der Waals surface area contributed by atoms with Crippen LogP contribution in [0, 0.1) is 6.92 Å². The molecule has 0 aliphatic rings. The first-order valence-electron chi connectivity index (χ1n) is 7.90. The van der Waals surface area contributed by atoms with E-state index in [-0.39, 0.29) is 5.56 Å². The molecule has 0 fully saturated rings. The molecule has 0 atom stereocenters. The van der Waals surface area contributed by atoms with E-state index < -0.39 is 0 Å². The zero-order chi connectivity index (χ0) is 17.2. The van der Waals surface area contributed by atoms with E-state index >= 15 is 0 Å². The number of aromatic nitrogens is 2. The summed E-state index contributed by atoms with van der Waals surface area (Å²) in [5.74, 6) is 0.569. The molecule has 4 aromatic rings. The maximum atomic E-state index is 12.6. The molecule has 0 spiro atoms. The van der Waals surface area contributed by atoms with Crippen LogP contribution in [-0.4, -0.2) is 15.9 Å². The Hall–Kier alpha value is -3.05. The molecule has 4 nitrogen and oxygen atoms in total. The number of hydrogen-bond acceptors (Lipinski definition) is 4. The van der Waals surface area contributed by atoms with Crippen molar-refractivity contribution in [2.75, 3.05) is 0 Å². The molecule has 2 aromatic carbocycles. The second-order valence-electron chi connectivity index (χ2n) is 5.61. The Morgan fingerprint density at radius 3 is 2.60 bits per heavy atom. The van der Waals surface area contributed by atoms with Gasteiger partial charge in [-0.1, -0.05) is 42.5 Å². The van der Waals surface area contributed by atoms with Crippen LogP contribution in [0.2, 0.25) is 0 Å². The second-order valence-corrected chi connectivity index (χ2v) is 6.72. The molecule has 25 heavy (non-hydrogen) atoms. The molecule has 0 amide bonds. The Bertz CT molecular complexity index is 1130. The third kappa shape index (κ3) is 3.02. The van der Waals surface area contributed by atoms with Gasteiger partial charge in [0.2, 0.25) is 0 Å². The van der Waals surface area contributed by atoms with Gasteiger partial charge in [0.25, 0.3) is 5.56 Å². The number of para-hydroxylation sites is 1. The highest BCUT2D eigenvalue weighted by Crippen LogP contribution is 2.26. The maximum Gasteiger partial charge on any atom is 0.282 e. The number of benzene rings is 2. The molecule has 0 bridgehead atoms. The first-order valence-corrected chi connectivity index (χ1v) is 8.72. The lowest BCUT2D eigenvalue weighted by Gasteiger charge is -2.04. The number of hydrogen-bond donors (Lipinski definition) is 0. The third-order valence-corrected chi connectivity index (χ3v) is 4.97. The lowest BCUT2D eigenvalue weighted by molar-refractivity contribution is 0.771. The highest BCUT2D eigenvalue weighted by molar-refractivity contribution is 7.17. The molecule has 0 aliphatic heterocycles. The normalized spacial score (nSPS) is 11.4. The van der Waals surface area contributed by atoms with Crippen LogP contribution in [0.5, 0.6) is 0 Å². The van der Waals surface area contributed by atoms with Crippen LogP contribution in [0.25, 0.3) is 21.3 Å². The molecule has 0 radical (unpaired) electrons. The zero-order valence-electron chi connectivity index (χ0n) is 13.6. The van der Waals surface area contributed by atoms with Gasteiger partial charge in [-0.05, 0) is 36.8 Å². The Kier molecular flexibility index (Phi) is 3.99. The summed E-state index contributed by atoms with van der Waals surface area (Å²) >= 11 is 1.64. The van der Waals surface area contributed by atoms with Gasteiger partial charge in [0.15, 0.2) is 0 Å². The predicted octanol–water partition coefficient (Wildman–Crippen LogP) is 4.32. The smallest absolute Gasteiger partial charge is 0.267 e.